The summed E-state index contributed by atoms with van der Waals surface area (Å²) < 4.78 is 11.0. The smallest absolute Gasteiger partial charge is 0.239 e. The third kappa shape index (κ3) is 6.75. The first-order valence-corrected chi connectivity index (χ1v) is 8.56. The van der Waals surface area contributed by atoms with Crippen molar-refractivity contribution in [1.82, 2.24) is 5.32 Å². The molecule has 0 bridgehead atoms. The molecule has 2 aromatic rings. The molecule has 0 aliphatic rings. The van der Waals surface area contributed by atoms with Crippen molar-refractivity contribution < 1.29 is 14.3 Å². The van der Waals surface area contributed by atoms with E-state index in [1.165, 1.54) is 0 Å². The van der Waals surface area contributed by atoms with E-state index in [4.69, 9.17) is 9.47 Å². The maximum atomic E-state index is 11.9. The molecule has 1 amide bonds. The monoisotopic (exact) mass is 342 g/mol. The Morgan fingerprint density at radius 2 is 1.64 bits per heavy atom. The molecule has 0 atom stereocenters. The van der Waals surface area contributed by atoms with Crippen LogP contribution in [0.4, 0.5) is 5.69 Å². The molecule has 2 aromatic carbocycles. The number of hydrogen-bond acceptors (Lipinski definition) is 4. The van der Waals surface area contributed by atoms with E-state index >= 15 is 0 Å². The molecule has 2 rings (SSSR count). The Kier molecular flexibility index (Phi) is 7.14. The van der Waals surface area contributed by atoms with Gasteiger partial charge in [0.05, 0.1) is 19.3 Å². The van der Waals surface area contributed by atoms with Gasteiger partial charge in [-0.25, -0.2) is 0 Å². The molecule has 0 saturated heterocycles. The van der Waals surface area contributed by atoms with Gasteiger partial charge < -0.3 is 20.1 Å². The lowest BCUT2D eigenvalue weighted by Crippen LogP contribution is -2.29. The number of ether oxygens (including phenoxy) is 2. The van der Waals surface area contributed by atoms with Gasteiger partial charge >= 0.3 is 0 Å². The van der Waals surface area contributed by atoms with Gasteiger partial charge in [0.15, 0.2) is 0 Å². The van der Waals surface area contributed by atoms with Gasteiger partial charge in [0, 0.05) is 12.2 Å². The second-order valence-electron chi connectivity index (χ2n) is 5.90. The molecule has 0 aliphatic carbocycles. The van der Waals surface area contributed by atoms with Crippen LogP contribution in [-0.2, 0) is 11.3 Å². The molecule has 2 N–H and O–H groups in total. The van der Waals surface area contributed by atoms with E-state index in [9.17, 15) is 4.79 Å². The highest BCUT2D eigenvalue weighted by Gasteiger charge is 2.03. The van der Waals surface area contributed by atoms with Crippen LogP contribution >= 0.6 is 0 Å². The Morgan fingerprint density at radius 1 is 1.00 bits per heavy atom. The molecule has 0 radical (unpaired) electrons. The lowest BCUT2D eigenvalue weighted by Gasteiger charge is -2.11. The minimum Gasteiger partial charge on any atom is -0.494 e. The summed E-state index contributed by atoms with van der Waals surface area (Å²) in [5, 5.41) is 5.99. The van der Waals surface area contributed by atoms with E-state index in [1.807, 2.05) is 69.3 Å². The normalized spacial score (nSPS) is 10.4. The van der Waals surface area contributed by atoms with Gasteiger partial charge in [0.2, 0.25) is 5.91 Å². The highest BCUT2D eigenvalue weighted by Crippen LogP contribution is 2.15. The van der Waals surface area contributed by atoms with Crippen LogP contribution in [0.15, 0.2) is 48.5 Å². The Balaban J connectivity index is 1.73. The van der Waals surface area contributed by atoms with Crippen molar-refractivity contribution in [3.63, 3.8) is 0 Å². The van der Waals surface area contributed by atoms with Crippen molar-refractivity contribution in [3.8, 4) is 11.5 Å². The number of amides is 1. The molecule has 5 nitrogen and oxygen atoms in total. The Bertz CT molecular complexity index is 652. The third-order valence-corrected chi connectivity index (χ3v) is 3.40. The zero-order chi connectivity index (χ0) is 18.1. The molecular weight excluding hydrogens is 316 g/mol. The van der Waals surface area contributed by atoms with Crippen molar-refractivity contribution in [1.29, 1.82) is 0 Å². The highest BCUT2D eigenvalue weighted by atomic mass is 16.5. The van der Waals surface area contributed by atoms with E-state index in [-0.39, 0.29) is 18.6 Å². The standard InChI is InChI=1S/C20H26N2O3/c1-4-24-18-11-7-17(8-12-18)21-14-20(23)22-13-16-5-9-19(10-6-16)25-15(2)3/h5-12,15,21H,4,13-14H2,1-3H3,(H,22,23). The maximum Gasteiger partial charge on any atom is 0.239 e. The van der Waals surface area contributed by atoms with Gasteiger partial charge in [-0.1, -0.05) is 12.1 Å². The Labute approximate surface area is 149 Å². The molecule has 0 fully saturated rings. The second-order valence-corrected chi connectivity index (χ2v) is 5.90. The summed E-state index contributed by atoms with van der Waals surface area (Å²) in [7, 11) is 0. The zero-order valence-electron chi connectivity index (χ0n) is 15.0. The molecule has 0 aromatic heterocycles. The predicted molar refractivity (Wildman–Crippen MR) is 100 cm³/mol. The van der Waals surface area contributed by atoms with Crippen molar-refractivity contribution in [2.75, 3.05) is 18.5 Å². The molecule has 0 aliphatic heterocycles. The summed E-state index contributed by atoms with van der Waals surface area (Å²) in [5.74, 6) is 1.60. The first-order valence-electron chi connectivity index (χ1n) is 8.56. The molecular formula is C20H26N2O3. The van der Waals surface area contributed by atoms with E-state index in [0.717, 1.165) is 22.7 Å². The quantitative estimate of drug-likeness (QED) is 0.731. The summed E-state index contributed by atoms with van der Waals surface area (Å²) in [4.78, 5) is 11.9. The van der Waals surface area contributed by atoms with Crippen molar-refractivity contribution in [3.05, 3.63) is 54.1 Å². The fourth-order valence-electron chi connectivity index (χ4n) is 2.24. The number of nitrogens with one attached hydrogen (secondary N) is 2. The molecule has 0 spiro atoms. The van der Waals surface area contributed by atoms with Gasteiger partial charge in [0.1, 0.15) is 11.5 Å². The molecule has 0 saturated carbocycles. The van der Waals surface area contributed by atoms with Crippen LogP contribution in [0.3, 0.4) is 0 Å². The third-order valence-electron chi connectivity index (χ3n) is 3.40. The molecule has 0 unspecified atom stereocenters. The van der Waals surface area contributed by atoms with Crippen molar-refractivity contribution >= 4 is 11.6 Å². The minimum absolute atomic E-state index is 0.0589. The first kappa shape index (κ1) is 18.6. The summed E-state index contributed by atoms with van der Waals surface area (Å²) in [6.45, 7) is 7.28. The van der Waals surface area contributed by atoms with Crippen molar-refractivity contribution in [2.45, 2.75) is 33.4 Å². The molecule has 0 heterocycles. The van der Waals surface area contributed by atoms with E-state index in [2.05, 4.69) is 10.6 Å². The molecule has 134 valence electrons. The summed E-state index contributed by atoms with van der Waals surface area (Å²) >= 11 is 0. The van der Waals surface area contributed by atoms with Gasteiger partial charge in [-0.15, -0.1) is 0 Å². The number of carbonyl (C=O) groups excluding carboxylic acids is 1. The van der Waals surface area contributed by atoms with Crippen LogP contribution in [-0.4, -0.2) is 25.2 Å². The van der Waals surface area contributed by atoms with Gasteiger partial charge in [0.25, 0.3) is 0 Å². The second kappa shape index (κ2) is 9.57. The Hall–Kier alpha value is -2.69. The number of carbonyl (C=O) groups is 1. The number of rotatable bonds is 9. The fraction of sp³-hybridized carbons (Fsp3) is 0.350. The predicted octanol–water partition coefficient (Wildman–Crippen LogP) is 3.60. The minimum atomic E-state index is -0.0589. The number of hydrogen-bond donors (Lipinski definition) is 2. The molecule has 5 heteroatoms. The summed E-state index contributed by atoms with van der Waals surface area (Å²) in [6.07, 6.45) is 0.152. The van der Waals surface area contributed by atoms with Crippen LogP contribution in [0.25, 0.3) is 0 Å². The molecule has 25 heavy (non-hydrogen) atoms. The van der Waals surface area contributed by atoms with Gasteiger partial charge in [-0.2, -0.15) is 0 Å². The SMILES string of the molecule is CCOc1ccc(NCC(=O)NCc2ccc(OC(C)C)cc2)cc1. The number of benzene rings is 2. The number of anilines is 1. The van der Waals surface area contributed by atoms with Crippen LogP contribution < -0.4 is 20.1 Å². The van der Waals surface area contributed by atoms with E-state index in [0.29, 0.717) is 13.2 Å². The average Bonchev–Trinajstić information content (AvgIpc) is 2.60. The topological polar surface area (TPSA) is 59.6 Å². The largest absolute Gasteiger partial charge is 0.494 e. The van der Waals surface area contributed by atoms with Crippen LogP contribution in [0.1, 0.15) is 26.3 Å². The highest BCUT2D eigenvalue weighted by molar-refractivity contribution is 5.80. The Morgan fingerprint density at radius 3 is 2.24 bits per heavy atom. The van der Waals surface area contributed by atoms with Gasteiger partial charge in [-0.3, -0.25) is 4.79 Å². The average molecular weight is 342 g/mol. The van der Waals surface area contributed by atoms with E-state index < -0.39 is 0 Å². The fourth-order valence-corrected chi connectivity index (χ4v) is 2.24. The van der Waals surface area contributed by atoms with Crippen molar-refractivity contribution in [2.24, 2.45) is 0 Å². The maximum absolute atomic E-state index is 11.9. The zero-order valence-corrected chi connectivity index (χ0v) is 15.0. The summed E-state index contributed by atoms with van der Waals surface area (Å²) in [5.41, 5.74) is 1.92. The summed E-state index contributed by atoms with van der Waals surface area (Å²) in [6, 6.07) is 15.3. The first-order chi connectivity index (χ1) is 12.1. The van der Waals surface area contributed by atoms with Crippen LogP contribution in [0.2, 0.25) is 0 Å². The van der Waals surface area contributed by atoms with Gasteiger partial charge in [-0.05, 0) is 62.7 Å². The lowest BCUT2D eigenvalue weighted by molar-refractivity contribution is -0.119. The lowest BCUT2D eigenvalue weighted by atomic mass is 10.2. The van der Waals surface area contributed by atoms with E-state index in [1.54, 1.807) is 0 Å². The van der Waals surface area contributed by atoms with Crippen LogP contribution in [0, 0.1) is 0 Å². The van der Waals surface area contributed by atoms with Crippen LogP contribution in [0.5, 0.6) is 11.5 Å².